The second kappa shape index (κ2) is 16.3. The SMILES string of the molecule is CC(C)(C(=O)Nc1nsc(-c2ccccc2)n1)S(=O)(=O)c1ccc(Cl)cc1F.CCc1ccnc(NC(=O)C(C)(C)S(=O)(=O)c2ccc(Cl)cc2F)c1. The van der Waals surface area contributed by atoms with Gasteiger partial charge in [0.2, 0.25) is 17.8 Å². The minimum absolute atomic E-state index is 0.0197. The molecule has 0 fully saturated rings. The highest BCUT2D eigenvalue weighted by atomic mass is 35.5. The van der Waals surface area contributed by atoms with Crippen LogP contribution in [0.1, 0.15) is 40.2 Å². The summed E-state index contributed by atoms with van der Waals surface area (Å²) in [6, 6.07) is 19.0. The van der Waals surface area contributed by atoms with E-state index in [0.29, 0.717) is 5.01 Å². The number of sulfone groups is 2. The Labute approximate surface area is 319 Å². The highest BCUT2D eigenvalue weighted by molar-refractivity contribution is 7.94. The lowest BCUT2D eigenvalue weighted by molar-refractivity contribution is -0.118. The van der Waals surface area contributed by atoms with Gasteiger partial charge < -0.3 is 5.32 Å². The summed E-state index contributed by atoms with van der Waals surface area (Å²) >= 11 is 12.4. The highest BCUT2D eigenvalue weighted by Gasteiger charge is 2.45. The fourth-order valence-electron chi connectivity index (χ4n) is 4.43. The molecule has 2 heterocycles. The molecule has 280 valence electrons. The van der Waals surface area contributed by atoms with Crippen LogP contribution in [0.5, 0.6) is 0 Å². The van der Waals surface area contributed by atoms with Gasteiger partial charge in [0.1, 0.15) is 41.7 Å². The molecule has 0 saturated carbocycles. The Morgan fingerprint density at radius 1 is 0.755 bits per heavy atom. The average molecular weight is 825 g/mol. The third-order valence-electron chi connectivity index (χ3n) is 7.95. The van der Waals surface area contributed by atoms with E-state index in [0.717, 1.165) is 53.3 Å². The van der Waals surface area contributed by atoms with Crippen LogP contribution < -0.4 is 10.6 Å². The maximum absolute atomic E-state index is 14.1. The monoisotopic (exact) mass is 823 g/mol. The van der Waals surface area contributed by atoms with E-state index >= 15 is 0 Å². The number of carbonyl (C=O) groups excluding carboxylic acids is 2. The Balaban J connectivity index is 0.000000238. The zero-order chi connectivity index (χ0) is 39.4. The van der Waals surface area contributed by atoms with Crippen molar-refractivity contribution in [3.8, 4) is 10.6 Å². The van der Waals surface area contributed by atoms with Gasteiger partial charge in [-0.15, -0.1) is 0 Å². The number of hydrogen-bond acceptors (Lipinski definition) is 10. The fourth-order valence-corrected chi connectivity index (χ4v) is 8.20. The van der Waals surface area contributed by atoms with Crippen LogP contribution in [0.2, 0.25) is 10.0 Å². The van der Waals surface area contributed by atoms with E-state index in [1.807, 2.05) is 37.3 Å². The molecule has 0 unspecified atom stereocenters. The van der Waals surface area contributed by atoms with Crippen LogP contribution >= 0.6 is 34.7 Å². The molecule has 0 aliphatic carbocycles. The number of halogens is 4. The zero-order valence-corrected chi connectivity index (χ0v) is 32.8. The number of anilines is 2. The molecular weight excluding hydrogens is 792 g/mol. The predicted molar refractivity (Wildman–Crippen MR) is 202 cm³/mol. The number of carbonyl (C=O) groups is 2. The Morgan fingerprint density at radius 2 is 1.26 bits per heavy atom. The molecule has 5 aromatic rings. The third kappa shape index (κ3) is 9.07. The van der Waals surface area contributed by atoms with Gasteiger partial charge in [-0.1, -0.05) is 60.5 Å². The topological polar surface area (TPSA) is 165 Å². The number of nitrogens with zero attached hydrogens (tertiary/aromatic N) is 3. The molecule has 0 aliphatic heterocycles. The van der Waals surface area contributed by atoms with Gasteiger partial charge in [0.05, 0.1) is 0 Å². The van der Waals surface area contributed by atoms with E-state index in [9.17, 15) is 35.2 Å². The van der Waals surface area contributed by atoms with Gasteiger partial charge in [-0.25, -0.2) is 30.6 Å². The molecule has 53 heavy (non-hydrogen) atoms. The molecule has 5 rings (SSSR count). The largest absolute Gasteiger partial charge is 0.309 e. The minimum Gasteiger partial charge on any atom is -0.309 e. The Kier molecular flexibility index (Phi) is 12.8. The number of nitrogens with one attached hydrogen (secondary N) is 2. The number of amides is 2. The molecular formula is C35H33Cl2F2N5O6S3. The number of aromatic nitrogens is 3. The number of rotatable bonds is 10. The number of hydrogen-bond donors (Lipinski definition) is 2. The summed E-state index contributed by atoms with van der Waals surface area (Å²) in [5.74, 6) is -3.48. The van der Waals surface area contributed by atoms with Crippen LogP contribution in [0.15, 0.2) is 94.9 Å². The first-order chi connectivity index (χ1) is 24.7. The van der Waals surface area contributed by atoms with Crippen LogP contribution in [0.3, 0.4) is 0 Å². The molecule has 0 bridgehead atoms. The van der Waals surface area contributed by atoms with Crippen LogP contribution in [0.4, 0.5) is 20.5 Å². The number of benzene rings is 3. The van der Waals surface area contributed by atoms with Crippen molar-refractivity contribution in [1.29, 1.82) is 0 Å². The van der Waals surface area contributed by atoms with Crippen LogP contribution in [-0.4, -0.2) is 52.5 Å². The van der Waals surface area contributed by atoms with Gasteiger partial charge in [0, 0.05) is 21.8 Å². The lowest BCUT2D eigenvalue weighted by atomic mass is 10.2. The molecule has 0 radical (unpaired) electrons. The van der Waals surface area contributed by atoms with E-state index in [-0.39, 0.29) is 21.8 Å². The van der Waals surface area contributed by atoms with Gasteiger partial charge in [0.25, 0.3) is 0 Å². The summed E-state index contributed by atoms with van der Waals surface area (Å²) in [6.45, 7) is 6.76. The lowest BCUT2D eigenvalue weighted by Gasteiger charge is -2.24. The zero-order valence-electron chi connectivity index (χ0n) is 28.8. The van der Waals surface area contributed by atoms with Crippen molar-refractivity contribution in [3.63, 3.8) is 0 Å². The van der Waals surface area contributed by atoms with Crippen LogP contribution in [0.25, 0.3) is 10.6 Å². The Bertz CT molecular complexity index is 2380. The third-order valence-corrected chi connectivity index (χ3v) is 14.1. The molecule has 2 N–H and O–H groups in total. The summed E-state index contributed by atoms with van der Waals surface area (Å²) in [7, 11) is -8.64. The van der Waals surface area contributed by atoms with Crippen molar-refractivity contribution in [3.05, 3.63) is 112 Å². The van der Waals surface area contributed by atoms with Crippen molar-refractivity contribution in [1.82, 2.24) is 14.3 Å². The van der Waals surface area contributed by atoms with E-state index in [4.69, 9.17) is 23.2 Å². The van der Waals surface area contributed by atoms with Crippen molar-refractivity contribution in [2.24, 2.45) is 0 Å². The van der Waals surface area contributed by atoms with Crippen molar-refractivity contribution in [2.75, 3.05) is 10.6 Å². The first-order valence-electron chi connectivity index (χ1n) is 15.6. The number of pyridine rings is 1. The molecule has 2 aromatic heterocycles. The molecule has 2 amide bonds. The quantitative estimate of drug-likeness (QED) is 0.143. The van der Waals surface area contributed by atoms with Gasteiger partial charge in [-0.3, -0.25) is 14.9 Å². The van der Waals surface area contributed by atoms with Gasteiger partial charge in [-0.2, -0.15) is 9.36 Å². The van der Waals surface area contributed by atoms with Gasteiger partial charge in [-0.05, 0) is 99.7 Å². The molecule has 0 atom stereocenters. The first-order valence-corrected chi connectivity index (χ1v) is 20.1. The van der Waals surface area contributed by atoms with E-state index in [1.54, 1.807) is 12.1 Å². The second-order valence-corrected chi connectivity index (χ2v) is 18.8. The lowest BCUT2D eigenvalue weighted by Crippen LogP contribution is -2.45. The molecule has 3 aromatic carbocycles. The smallest absolute Gasteiger partial charge is 0.248 e. The predicted octanol–water partition coefficient (Wildman–Crippen LogP) is 7.82. The summed E-state index contributed by atoms with van der Waals surface area (Å²) in [5, 5.41) is 5.58. The van der Waals surface area contributed by atoms with Gasteiger partial charge >= 0.3 is 0 Å². The van der Waals surface area contributed by atoms with E-state index in [1.165, 1.54) is 46.0 Å². The second-order valence-electron chi connectivity index (χ2n) is 12.3. The molecule has 11 nitrogen and oxygen atoms in total. The van der Waals surface area contributed by atoms with Crippen molar-refractivity contribution < 1.29 is 35.2 Å². The maximum Gasteiger partial charge on any atom is 0.248 e. The number of aryl methyl sites for hydroxylation is 1. The maximum atomic E-state index is 14.1. The average Bonchev–Trinajstić information content (AvgIpc) is 3.57. The summed E-state index contributed by atoms with van der Waals surface area (Å²) in [6.07, 6.45) is 2.26. The first kappa shape index (κ1) is 41.4. The van der Waals surface area contributed by atoms with E-state index < -0.39 is 62.4 Å². The fraction of sp³-hybridized carbons (Fsp3) is 0.229. The van der Waals surface area contributed by atoms with Crippen LogP contribution in [0, 0.1) is 11.6 Å². The molecule has 0 aliphatic rings. The molecule has 0 spiro atoms. The molecule has 0 saturated heterocycles. The minimum atomic E-state index is -4.35. The summed E-state index contributed by atoms with van der Waals surface area (Å²) < 4.78 is 79.6. The standard InChI is InChI=1S/C18H15ClFN3O3S2.C17H18ClFN2O3S/c1-18(2,28(25,26)14-9-8-12(19)10-13(14)20)16(24)22-17-21-15(27-23-17)11-6-4-3-5-7-11;1-4-11-7-8-20-15(9-11)21-16(22)17(2,3)25(23,24)14-6-5-12(18)10-13(14)19/h3-10H,1-2H3,(H,22,23,24);5-10H,4H2,1-3H3,(H,20,21,22). The van der Waals surface area contributed by atoms with Crippen molar-refractivity contribution in [2.45, 2.75) is 60.3 Å². The molecule has 18 heteroatoms. The Hall–Kier alpha value is -4.35. The Morgan fingerprint density at radius 3 is 1.75 bits per heavy atom. The van der Waals surface area contributed by atoms with Gasteiger partial charge in [0.15, 0.2) is 19.7 Å². The van der Waals surface area contributed by atoms with Crippen molar-refractivity contribution >= 4 is 78.0 Å². The summed E-state index contributed by atoms with van der Waals surface area (Å²) in [4.78, 5) is 32.3. The van der Waals surface area contributed by atoms with E-state index in [2.05, 4.69) is 25.0 Å². The normalized spacial score (nSPS) is 12.0. The highest BCUT2D eigenvalue weighted by Crippen LogP contribution is 2.32. The summed E-state index contributed by atoms with van der Waals surface area (Å²) in [5.41, 5.74) is 1.75. The van der Waals surface area contributed by atoms with Crippen LogP contribution in [-0.2, 0) is 35.7 Å².